The molecular weight excluding hydrogens is 282 g/mol. The van der Waals surface area contributed by atoms with Crippen LogP contribution in [0.5, 0.6) is 5.75 Å². The lowest BCUT2D eigenvalue weighted by Gasteiger charge is -2.39. The topological polar surface area (TPSA) is 75.6 Å². The molecule has 1 aromatic carbocycles. The Balaban J connectivity index is 2.04. The molecular formula is C17H23NO4. The van der Waals surface area contributed by atoms with Crippen LogP contribution in [0.2, 0.25) is 0 Å². The third-order valence-corrected chi connectivity index (χ3v) is 4.43. The van der Waals surface area contributed by atoms with Gasteiger partial charge in [-0.05, 0) is 37.5 Å². The van der Waals surface area contributed by atoms with Crippen molar-refractivity contribution in [2.45, 2.75) is 44.6 Å². The first-order valence-electron chi connectivity index (χ1n) is 7.61. The van der Waals surface area contributed by atoms with Crippen LogP contribution in [0.15, 0.2) is 24.3 Å². The molecule has 0 aliphatic heterocycles. The van der Waals surface area contributed by atoms with Crippen LogP contribution in [0, 0.1) is 5.92 Å². The molecule has 1 aliphatic carbocycles. The Morgan fingerprint density at radius 2 is 2.18 bits per heavy atom. The minimum atomic E-state index is -0.830. The molecule has 1 amide bonds. The molecule has 1 aliphatic rings. The van der Waals surface area contributed by atoms with Gasteiger partial charge in [-0.3, -0.25) is 9.59 Å². The number of rotatable bonds is 5. The highest BCUT2D eigenvalue weighted by atomic mass is 16.5. The second-order valence-electron chi connectivity index (χ2n) is 6.13. The fourth-order valence-corrected chi connectivity index (χ4v) is 3.21. The van der Waals surface area contributed by atoms with E-state index in [4.69, 9.17) is 4.74 Å². The molecule has 2 N–H and O–H groups in total. The SMILES string of the molecule is COc1cccc(CC(=O)NC2(C)CCCCC2C(=O)O)c1. The zero-order valence-electron chi connectivity index (χ0n) is 13.1. The van der Waals surface area contributed by atoms with Crippen LogP contribution in [0.4, 0.5) is 0 Å². The van der Waals surface area contributed by atoms with Crippen molar-refractivity contribution < 1.29 is 19.4 Å². The van der Waals surface area contributed by atoms with Crippen molar-refractivity contribution in [2.24, 2.45) is 5.92 Å². The van der Waals surface area contributed by atoms with Gasteiger partial charge in [0.05, 0.1) is 25.0 Å². The lowest BCUT2D eigenvalue weighted by atomic mass is 9.74. The maximum atomic E-state index is 12.3. The molecule has 1 saturated carbocycles. The first-order valence-corrected chi connectivity index (χ1v) is 7.61. The van der Waals surface area contributed by atoms with Gasteiger partial charge in [0, 0.05) is 0 Å². The fourth-order valence-electron chi connectivity index (χ4n) is 3.21. The summed E-state index contributed by atoms with van der Waals surface area (Å²) in [6.07, 6.45) is 3.39. The molecule has 5 heteroatoms. The van der Waals surface area contributed by atoms with Crippen LogP contribution in [0.3, 0.4) is 0 Å². The lowest BCUT2D eigenvalue weighted by Crippen LogP contribution is -2.55. The summed E-state index contributed by atoms with van der Waals surface area (Å²) in [5.74, 6) is -0.791. The predicted molar refractivity (Wildman–Crippen MR) is 82.8 cm³/mol. The molecule has 2 unspecified atom stereocenters. The fraction of sp³-hybridized carbons (Fsp3) is 0.529. The summed E-state index contributed by atoms with van der Waals surface area (Å²) in [4.78, 5) is 23.7. The number of methoxy groups -OCH3 is 1. The van der Waals surface area contributed by atoms with Gasteiger partial charge in [0.1, 0.15) is 5.75 Å². The van der Waals surface area contributed by atoms with E-state index in [-0.39, 0.29) is 12.3 Å². The van der Waals surface area contributed by atoms with Crippen LogP contribution in [0.25, 0.3) is 0 Å². The number of carbonyl (C=O) groups excluding carboxylic acids is 1. The molecule has 1 fully saturated rings. The Kier molecular flexibility index (Phi) is 5.06. The van der Waals surface area contributed by atoms with Crippen molar-refractivity contribution in [3.63, 3.8) is 0 Å². The standard InChI is InChI=1S/C17H23NO4/c1-17(9-4-3-8-14(17)16(20)21)18-15(19)11-12-6-5-7-13(10-12)22-2/h5-7,10,14H,3-4,8-9,11H2,1-2H3,(H,18,19)(H,20,21). The minimum absolute atomic E-state index is 0.149. The number of carboxylic acid groups (broad SMARTS) is 1. The van der Waals surface area contributed by atoms with Crippen molar-refractivity contribution in [3.8, 4) is 5.75 Å². The van der Waals surface area contributed by atoms with Crippen LogP contribution < -0.4 is 10.1 Å². The van der Waals surface area contributed by atoms with E-state index in [1.54, 1.807) is 7.11 Å². The van der Waals surface area contributed by atoms with Crippen LogP contribution >= 0.6 is 0 Å². The molecule has 0 heterocycles. The minimum Gasteiger partial charge on any atom is -0.497 e. The van der Waals surface area contributed by atoms with E-state index < -0.39 is 17.4 Å². The number of benzene rings is 1. The van der Waals surface area contributed by atoms with E-state index in [9.17, 15) is 14.7 Å². The molecule has 120 valence electrons. The number of amides is 1. The molecule has 0 spiro atoms. The Morgan fingerprint density at radius 3 is 2.86 bits per heavy atom. The molecule has 5 nitrogen and oxygen atoms in total. The van der Waals surface area contributed by atoms with E-state index in [1.165, 1.54) is 0 Å². The zero-order valence-corrected chi connectivity index (χ0v) is 13.1. The molecule has 0 aromatic heterocycles. The number of hydrogen-bond donors (Lipinski definition) is 2. The van der Waals surface area contributed by atoms with Crippen molar-refractivity contribution in [1.82, 2.24) is 5.32 Å². The Bertz CT molecular complexity index is 557. The highest BCUT2D eigenvalue weighted by Gasteiger charge is 2.42. The van der Waals surface area contributed by atoms with Crippen molar-refractivity contribution in [2.75, 3.05) is 7.11 Å². The lowest BCUT2D eigenvalue weighted by molar-refractivity contribution is -0.146. The number of ether oxygens (including phenoxy) is 1. The normalized spacial score (nSPS) is 24.5. The summed E-state index contributed by atoms with van der Waals surface area (Å²) in [6, 6.07) is 7.34. The highest BCUT2D eigenvalue weighted by Crippen LogP contribution is 2.34. The molecule has 2 atom stereocenters. The Labute approximate surface area is 130 Å². The molecule has 22 heavy (non-hydrogen) atoms. The van der Waals surface area contributed by atoms with Crippen LogP contribution in [-0.4, -0.2) is 29.6 Å². The van der Waals surface area contributed by atoms with Gasteiger partial charge in [0.25, 0.3) is 0 Å². The highest BCUT2D eigenvalue weighted by molar-refractivity contribution is 5.81. The maximum absolute atomic E-state index is 12.3. The van der Waals surface area contributed by atoms with Gasteiger partial charge in [-0.2, -0.15) is 0 Å². The predicted octanol–water partition coefficient (Wildman–Crippen LogP) is 2.39. The summed E-state index contributed by atoms with van der Waals surface area (Å²) in [7, 11) is 1.58. The van der Waals surface area contributed by atoms with E-state index >= 15 is 0 Å². The van der Waals surface area contributed by atoms with E-state index in [0.29, 0.717) is 18.6 Å². The quantitative estimate of drug-likeness (QED) is 0.876. The summed E-state index contributed by atoms with van der Waals surface area (Å²) in [5.41, 5.74) is 0.183. The summed E-state index contributed by atoms with van der Waals surface area (Å²) in [5, 5.41) is 12.3. The number of hydrogen-bond acceptors (Lipinski definition) is 3. The van der Waals surface area contributed by atoms with Crippen LogP contribution in [0.1, 0.15) is 38.2 Å². The monoisotopic (exact) mass is 305 g/mol. The Morgan fingerprint density at radius 1 is 1.41 bits per heavy atom. The second kappa shape index (κ2) is 6.81. The van der Waals surface area contributed by atoms with Gasteiger partial charge in [-0.1, -0.05) is 25.0 Å². The molecule has 2 rings (SSSR count). The van der Waals surface area contributed by atoms with Gasteiger partial charge < -0.3 is 15.2 Å². The molecule has 0 bridgehead atoms. The number of nitrogens with one attached hydrogen (secondary N) is 1. The summed E-state index contributed by atoms with van der Waals surface area (Å²) >= 11 is 0. The smallest absolute Gasteiger partial charge is 0.308 e. The van der Waals surface area contributed by atoms with Crippen LogP contribution in [-0.2, 0) is 16.0 Å². The van der Waals surface area contributed by atoms with Gasteiger partial charge in [0.15, 0.2) is 0 Å². The molecule has 1 aromatic rings. The summed E-state index contributed by atoms with van der Waals surface area (Å²) < 4.78 is 5.15. The summed E-state index contributed by atoms with van der Waals surface area (Å²) in [6.45, 7) is 1.84. The van der Waals surface area contributed by atoms with Gasteiger partial charge in [-0.15, -0.1) is 0 Å². The largest absolute Gasteiger partial charge is 0.497 e. The number of carbonyl (C=O) groups is 2. The van der Waals surface area contributed by atoms with Gasteiger partial charge in [-0.25, -0.2) is 0 Å². The number of aliphatic carboxylic acids is 1. The average Bonchev–Trinajstić information content (AvgIpc) is 2.46. The van der Waals surface area contributed by atoms with E-state index in [1.807, 2.05) is 31.2 Å². The first kappa shape index (κ1) is 16.3. The average molecular weight is 305 g/mol. The molecule has 0 radical (unpaired) electrons. The van der Waals surface area contributed by atoms with Gasteiger partial charge >= 0.3 is 5.97 Å². The third kappa shape index (κ3) is 3.78. The molecule has 0 saturated heterocycles. The number of carboxylic acids is 1. The van der Waals surface area contributed by atoms with Crippen molar-refractivity contribution in [3.05, 3.63) is 29.8 Å². The van der Waals surface area contributed by atoms with Crippen molar-refractivity contribution in [1.29, 1.82) is 0 Å². The second-order valence-corrected chi connectivity index (χ2v) is 6.13. The first-order chi connectivity index (χ1) is 10.4. The third-order valence-electron chi connectivity index (χ3n) is 4.43. The van der Waals surface area contributed by atoms with Crippen molar-refractivity contribution >= 4 is 11.9 Å². The van der Waals surface area contributed by atoms with Gasteiger partial charge in [0.2, 0.25) is 5.91 Å². The Hall–Kier alpha value is -2.04. The zero-order chi connectivity index (χ0) is 16.2. The van der Waals surface area contributed by atoms with E-state index in [0.717, 1.165) is 18.4 Å². The maximum Gasteiger partial charge on any atom is 0.308 e. The van der Waals surface area contributed by atoms with E-state index in [2.05, 4.69) is 5.32 Å².